The van der Waals surface area contributed by atoms with Crippen LogP contribution in [-0.2, 0) is 18.9 Å². The fraction of sp³-hybridized carbons (Fsp3) is 0.321. The number of hydrogen-bond donors (Lipinski definition) is 0. The topological polar surface area (TPSA) is 68.2 Å². The molecule has 3 aromatic carbocycles. The molecular formula is C28H29Br2NO6. The van der Waals surface area contributed by atoms with Crippen LogP contribution in [0.4, 0.5) is 0 Å². The van der Waals surface area contributed by atoms with Gasteiger partial charge in [-0.2, -0.15) is 0 Å². The molecule has 0 saturated carbocycles. The predicted octanol–water partition coefficient (Wildman–Crippen LogP) is 6.54. The third kappa shape index (κ3) is 6.72. The number of rotatable bonds is 13. The van der Waals surface area contributed by atoms with E-state index in [0.717, 1.165) is 36.4 Å². The Hall–Kier alpha value is -2.43. The fourth-order valence-corrected chi connectivity index (χ4v) is 4.79. The van der Waals surface area contributed by atoms with E-state index in [1.165, 1.54) is 0 Å². The lowest BCUT2D eigenvalue weighted by molar-refractivity contribution is 0.0178. The molecular weight excluding hydrogens is 606 g/mol. The number of carbonyl (C=O) groups is 1. The lowest BCUT2D eigenvalue weighted by Gasteiger charge is -2.15. The van der Waals surface area contributed by atoms with Crippen LogP contribution in [0.5, 0.6) is 5.75 Å². The van der Waals surface area contributed by atoms with Crippen LogP contribution in [0.1, 0.15) is 17.3 Å². The van der Waals surface area contributed by atoms with Gasteiger partial charge >= 0.3 is 5.97 Å². The van der Waals surface area contributed by atoms with Crippen molar-refractivity contribution < 1.29 is 28.5 Å². The van der Waals surface area contributed by atoms with Crippen LogP contribution in [0.2, 0.25) is 0 Å². The first-order chi connectivity index (χ1) is 18.0. The van der Waals surface area contributed by atoms with Crippen LogP contribution in [0.3, 0.4) is 0 Å². The van der Waals surface area contributed by atoms with Crippen molar-refractivity contribution in [3.63, 3.8) is 0 Å². The van der Waals surface area contributed by atoms with Gasteiger partial charge in [-0.15, -0.1) is 0 Å². The molecule has 0 aliphatic carbocycles. The Kier molecular flexibility index (Phi) is 9.99. The van der Waals surface area contributed by atoms with Crippen molar-refractivity contribution in [1.82, 2.24) is 4.57 Å². The van der Waals surface area contributed by atoms with Gasteiger partial charge in [0, 0.05) is 32.5 Å². The van der Waals surface area contributed by atoms with E-state index in [0.29, 0.717) is 51.0 Å². The summed E-state index contributed by atoms with van der Waals surface area (Å²) in [4.78, 5) is 12.9. The van der Waals surface area contributed by atoms with Crippen LogP contribution >= 0.6 is 31.9 Å². The maximum atomic E-state index is 12.9. The second kappa shape index (κ2) is 13.4. The summed E-state index contributed by atoms with van der Waals surface area (Å²) in [5.41, 5.74) is 3.26. The highest BCUT2D eigenvalue weighted by molar-refractivity contribution is 9.10. The molecule has 1 heterocycles. The van der Waals surface area contributed by atoms with E-state index in [4.69, 9.17) is 23.7 Å². The highest BCUT2D eigenvalue weighted by Gasteiger charge is 2.19. The fourth-order valence-electron chi connectivity index (χ4n) is 4.07. The van der Waals surface area contributed by atoms with Crippen LogP contribution in [0.25, 0.3) is 27.5 Å². The van der Waals surface area contributed by atoms with Gasteiger partial charge in [0.25, 0.3) is 0 Å². The van der Waals surface area contributed by atoms with Crippen LogP contribution in [0.15, 0.2) is 63.5 Å². The molecule has 9 heteroatoms. The summed E-state index contributed by atoms with van der Waals surface area (Å²) in [6, 6.07) is 17.9. The Bertz CT molecular complexity index is 1310. The van der Waals surface area contributed by atoms with Crippen LogP contribution in [0, 0.1) is 0 Å². The summed E-state index contributed by atoms with van der Waals surface area (Å²) >= 11 is 7.18. The first kappa shape index (κ1) is 27.6. The monoisotopic (exact) mass is 633 g/mol. The van der Waals surface area contributed by atoms with Gasteiger partial charge in [0.2, 0.25) is 0 Å². The molecule has 0 amide bonds. The zero-order valence-corrected chi connectivity index (χ0v) is 24.0. The van der Waals surface area contributed by atoms with Crippen molar-refractivity contribution in [3.8, 4) is 11.4 Å². The molecule has 37 heavy (non-hydrogen) atoms. The summed E-state index contributed by atoms with van der Waals surface area (Å²) in [5.74, 6) is 0.0199. The lowest BCUT2D eigenvalue weighted by Crippen LogP contribution is -2.14. The standard InChI is InChI=1S/C28H29Br2NO6/c1-3-36-28(32)24-18-21(6-9-27(24)37-15-14-35-13-12-34-11-10-33-2)31-25-7-4-19(29)16-22(25)23-17-20(30)5-8-26(23)31/h4-9,16-18H,3,10-15H2,1-2H3. The summed E-state index contributed by atoms with van der Waals surface area (Å²) in [5, 5.41) is 2.21. The van der Waals surface area contributed by atoms with E-state index in [1.54, 1.807) is 14.0 Å². The molecule has 0 unspecified atom stereocenters. The van der Waals surface area contributed by atoms with Crippen molar-refractivity contribution in [3.05, 3.63) is 69.1 Å². The number of hydrogen-bond acceptors (Lipinski definition) is 6. The van der Waals surface area contributed by atoms with Gasteiger partial charge in [-0.3, -0.25) is 0 Å². The normalized spacial score (nSPS) is 11.4. The Morgan fingerprint density at radius 3 is 1.97 bits per heavy atom. The molecule has 196 valence electrons. The average Bonchev–Trinajstić information content (AvgIpc) is 3.20. The molecule has 0 aliphatic rings. The summed E-state index contributed by atoms with van der Waals surface area (Å²) < 4.78 is 31.3. The molecule has 0 spiro atoms. The van der Waals surface area contributed by atoms with Crippen LogP contribution in [-0.4, -0.2) is 63.9 Å². The minimum absolute atomic E-state index is 0.270. The highest BCUT2D eigenvalue weighted by Crippen LogP contribution is 2.36. The highest BCUT2D eigenvalue weighted by atomic mass is 79.9. The number of fused-ring (bicyclic) bond motifs is 3. The Balaban J connectivity index is 1.59. The van der Waals surface area contributed by atoms with Crippen molar-refractivity contribution in [1.29, 1.82) is 0 Å². The minimum Gasteiger partial charge on any atom is -0.490 e. The SMILES string of the molecule is CCOC(=O)c1cc(-n2c3ccc(Br)cc3c3cc(Br)ccc32)ccc1OCCOCCOCCOC. The van der Waals surface area contributed by atoms with Crippen molar-refractivity contribution in [2.45, 2.75) is 6.92 Å². The van der Waals surface area contributed by atoms with Crippen molar-refractivity contribution in [2.24, 2.45) is 0 Å². The maximum Gasteiger partial charge on any atom is 0.341 e. The van der Waals surface area contributed by atoms with Gasteiger partial charge in [0.15, 0.2) is 0 Å². The van der Waals surface area contributed by atoms with Gasteiger partial charge in [0.1, 0.15) is 17.9 Å². The maximum absolute atomic E-state index is 12.9. The van der Waals surface area contributed by atoms with E-state index in [-0.39, 0.29) is 6.61 Å². The van der Waals surface area contributed by atoms with E-state index in [9.17, 15) is 4.79 Å². The summed E-state index contributed by atoms with van der Waals surface area (Å²) in [6.07, 6.45) is 0. The summed E-state index contributed by atoms with van der Waals surface area (Å²) in [6.45, 7) is 4.75. The van der Waals surface area contributed by atoms with E-state index >= 15 is 0 Å². The van der Waals surface area contributed by atoms with E-state index in [2.05, 4.69) is 60.7 Å². The smallest absolute Gasteiger partial charge is 0.341 e. The quantitative estimate of drug-likeness (QED) is 0.123. The van der Waals surface area contributed by atoms with Gasteiger partial charge in [0.05, 0.1) is 50.7 Å². The number of nitrogens with zero attached hydrogens (tertiary/aromatic N) is 1. The Labute approximate surface area is 232 Å². The number of halogens is 2. The molecule has 0 atom stereocenters. The van der Waals surface area contributed by atoms with Crippen molar-refractivity contribution >= 4 is 59.6 Å². The zero-order valence-electron chi connectivity index (χ0n) is 20.8. The van der Waals surface area contributed by atoms with Crippen LogP contribution < -0.4 is 4.74 Å². The van der Waals surface area contributed by atoms with E-state index < -0.39 is 5.97 Å². The third-order valence-corrected chi connectivity index (χ3v) is 6.68. The largest absolute Gasteiger partial charge is 0.490 e. The second-order valence-corrected chi connectivity index (χ2v) is 9.96. The van der Waals surface area contributed by atoms with Gasteiger partial charge < -0.3 is 28.3 Å². The number of benzene rings is 3. The Morgan fingerprint density at radius 2 is 1.38 bits per heavy atom. The first-order valence-electron chi connectivity index (χ1n) is 12.0. The van der Waals surface area contributed by atoms with Gasteiger partial charge in [-0.1, -0.05) is 31.9 Å². The minimum atomic E-state index is -0.432. The second-order valence-electron chi connectivity index (χ2n) is 8.13. The average molecular weight is 635 g/mol. The number of esters is 1. The molecule has 0 bridgehead atoms. The predicted molar refractivity (Wildman–Crippen MR) is 151 cm³/mol. The number of aromatic nitrogens is 1. The molecule has 4 aromatic rings. The summed E-state index contributed by atoms with van der Waals surface area (Å²) in [7, 11) is 1.63. The number of carbonyl (C=O) groups excluding carboxylic acids is 1. The van der Waals surface area contributed by atoms with Gasteiger partial charge in [-0.05, 0) is 61.5 Å². The van der Waals surface area contributed by atoms with Gasteiger partial charge in [-0.25, -0.2) is 4.79 Å². The Morgan fingerprint density at radius 1 is 0.784 bits per heavy atom. The number of ether oxygens (including phenoxy) is 5. The molecule has 0 radical (unpaired) electrons. The molecule has 0 N–H and O–H groups in total. The molecule has 4 rings (SSSR count). The molecule has 0 saturated heterocycles. The lowest BCUT2D eigenvalue weighted by atomic mass is 10.1. The molecule has 7 nitrogen and oxygen atoms in total. The molecule has 1 aromatic heterocycles. The zero-order chi connectivity index (χ0) is 26.2. The van der Waals surface area contributed by atoms with E-state index in [1.807, 2.05) is 30.3 Å². The third-order valence-electron chi connectivity index (χ3n) is 5.69. The van der Waals surface area contributed by atoms with Crippen molar-refractivity contribution in [2.75, 3.05) is 53.4 Å². The molecule has 0 aliphatic heterocycles. The first-order valence-corrected chi connectivity index (χ1v) is 13.6. The molecule has 0 fully saturated rings. The number of methoxy groups -OCH3 is 1.